The maximum atomic E-state index is 4.28. The monoisotopic (exact) mass is 249 g/mol. The molecule has 3 aliphatic rings. The first-order chi connectivity index (χ1) is 8.26. The second kappa shape index (κ2) is 4.59. The molecule has 1 aromatic heterocycles. The van der Waals surface area contributed by atoms with Crippen molar-refractivity contribution in [2.24, 2.45) is 0 Å². The van der Waals surface area contributed by atoms with Gasteiger partial charge in [0.05, 0.1) is 0 Å². The second-order valence-electron chi connectivity index (χ2n) is 5.12. The zero-order chi connectivity index (χ0) is 11.8. The molecule has 0 aliphatic carbocycles. The Morgan fingerprint density at radius 3 is 2.76 bits per heavy atom. The van der Waals surface area contributed by atoms with E-state index in [9.17, 15) is 0 Å². The van der Waals surface area contributed by atoms with Crippen LogP contribution in [0.5, 0.6) is 0 Å². The molecule has 2 bridgehead atoms. The van der Waals surface area contributed by atoms with Crippen LogP contribution in [0.4, 0.5) is 0 Å². The Hall–Kier alpha value is -0.580. The molecule has 4 heterocycles. The maximum Gasteiger partial charge on any atom is 0.0313 e. The maximum absolute atomic E-state index is 4.28. The Kier molecular flexibility index (Phi) is 3.11. The van der Waals surface area contributed by atoms with Crippen LogP contribution in [0.2, 0.25) is 0 Å². The number of aromatic nitrogens is 1. The van der Waals surface area contributed by atoms with E-state index in [1.165, 1.54) is 30.6 Å². The number of fused-ring (bicyclic) bond motifs is 2. The minimum absolute atomic E-state index is 0.765. The van der Waals surface area contributed by atoms with Crippen molar-refractivity contribution in [3.05, 3.63) is 29.6 Å². The first-order valence-electron chi connectivity index (χ1n) is 6.21. The molecule has 2 unspecified atom stereocenters. The molecule has 3 fully saturated rings. The molecule has 17 heavy (non-hydrogen) atoms. The predicted octanol–water partition coefficient (Wildman–Crippen LogP) is 1.93. The Morgan fingerprint density at radius 2 is 2.12 bits per heavy atom. The van der Waals surface area contributed by atoms with Crippen LogP contribution in [0.3, 0.4) is 0 Å². The van der Waals surface area contributed by atoms with Crippen molar-refractivity contribution in [1.29, 1.82) is 0 Å². The summed E-state index contributed by atoms with van der Waals surface area (Å²) < 4.78 is 2.49. The molecule has 4 heteroatoms. The van der Waals surface area contributed by atoms with Gasteiger partial charge >= 0.3 is 0 Å². The topological polar surface area (TPSA) is 19.4 Å². The summed E-state index contributed by atoms with van der Waals surface area (Å²) in [7, 11) is 0. The molecule has 0 saturated carbocycles. The second-order valence-corrected chi connectivity index (χ2v) is 6.00. The molecule has 0 aromatic carbocycles. The van der Waals surface area contributed by atoms with E-state index < -0.39 is 0 Å². The third-order valence-electron chi connectivity index (χ3n) is 3.87. The van der Waals surface area contributed by atoms with Gasteiger partial charge in [-0.3, -0.25) is 9.88 Å². The number of piperidine rings is 1. The van der Waals surface area contributed by atoms with Crippen LogP contribution in [-0.4, -0.2) is 45.6 Å². The summed E-state index contributed by atoms with van der Waals surface area (Å²) in [4.78, 5) is 6.92. The Labute approximate surface area is 107 Å². The summed E-state index contributed by atoms with van der Waals surface area (Å²) in [5.41, 5.74) is 2.62. The normalized spacial score (nSPS) is 29.1. The summed E-state index contributed by atoms with van der Waals surface area (Å²) in [6.45, 7) is 5.63. The highest BCUT2D eigenvalue weighted by molar-refractivity contribution is 7.96. The summed E-state index contributed by atoms with van der Waals surface area (Å²) in [5.74, 6) is 0. The van der Waals surface area contributed by atoms with E-state index >= 15 is 0 Å². The molecule has 0 N–H and O–H groups in total. The lowest BCUT2D eigenvalue weighted by Crippen LogP contribution is -2.66. The first kappa shape index (κ1) is 11.5. The number of rotatable bonds is 3. The molecular formula is C13H19N3S. The van der Waals surface area contributed by atoms with E-state index in [-0.39, 0.29) is 0 Å². The quantitative estimate of drug-likeness (QED) is 0.762. The van der Waals surface area contributed by atoms with Crippen LogP contribution in [0.1, 0.15) is 17.5 Å². The molecule has 1 aromatic rings. The Morgan fingerprint density at radius 1 is 1.35 bits per heavy atom. The van der Waals surface area contributed by atoms with Crippen LogP contribution in [0.25, 0.3) is 0 Å². The molecule has 2 atom stereocenters. The largest absolute Gasteiger partial charge is 0.290 e. The molecule has 0 amide bonds. The summed E-state index contributed by atoms with van der Waals surface area (Å²) in [6, 6.07) is 3.79. The van der Waals surface area contributed by atoms with Gasteiger partial charge in [-0.15, -0.1) is 0 Å². The van der Waals surface area contributed by atoms with Gasteiger partial charge in [0.25, 0.3) is 0 Å². The number of aryl methyl sites for hydroxylation is 1. The van der Waals surface area contributed by atoms with Crippen molar-refractivity contribution in [3.8, 4) is 0 Å². The van der Waals surface area contributed by atoms with Gasteiger partial charge in [-0.2, -0.15) is 0 Å². The molecule has 0 radical (unpaired) electrons. The van der Waals surface area contributed by atoms with E-state index in [0.29, 0.717) is 0 Å². The van der Waals surface area contributed by atoms with E-state index in [0.717, 1.165) is 18.6 Å². The fraction of sp³-hybridized carbons (Fsp3) is 0.615. The minimum Gasteiger partial charge on any atom is -0.290 e. The third kappa shape index (κ3) is 2.21. The third-order valence-corrected chi connectivity index (χ3v) is 4.68. The highest BCUT2D eigenvalue weighted by Gasteiger charge is 2.44. The van der Waals surface area contributed by atoms with Crippen LogP contribution in [0.15, 0.2) is 18.5 Å². The molecular weight excluding hydrogens is 230 g/mol. The Bertz CT molecular complexity index is 397. The van der Waals surface area contributed by atoms with Crippen molar-refractivity contribution >= 4 is 11.9 Å². The number of hydrogen-bond acceptors (Lipinski definition) is 4. The van der Waals surface area contributed by atoms with Crippen LogP contribution in [0, 0.1) is 6.92 Å². The summed E-state index contributed by atoms with van der Waals surface area (Å²) in [6.07, 6.45) is 7.50. The molecule has 92 valence electrons. The van der Waals surface area contributed by atoms with Crippen molar-refractivity contribution < 1.29 is 0 Å². The molecule has 3 aliphatic heterocycles. The van der Waals surface area contributed by atoms with Gasteiger partial charge in [-0.1, -0.05) is 18.0 Å². The average molecular weight is 249 g/mol. The zero-order valence-electron chi connectivity index (χ0n) is 10.5. The van der Waals surface area contributed by atoms with Crippen LogP contribution >= 0.6 is 11.9 Å². The predicted molar refractivity (Wildman–Crippen MR) is 71.8 cm³/mol. The minimum atomic E-state index is 0.765. The van der Waals surface area contributed by atoms with Gasteiger partial charge in [0, 0.05) is 44.1 Å². The van der Waals surface area contributed by atoms with Gasteiger partial charge in [-0.05, 0) is 30.7 Å². The number of pyridine rings is 1. The average Bonchev–Trinajstić information content (AvgIpc) is 2.36. The lowest BCUT2D eigenvalue weighted by Gasteiger charge is -2.56. The van der Waals surface area contributed by atoms with Crippen molar-refractivity contribution in [2.75, 3.05) is 19.3 Å². The first-order valence-corrected chi connectivity index (χ1v) is 7.40. The number of piperazine rings is 1. The van der Waals surface area contributed by atoms with Crippen molar-refractivity contribution in [3.63, 3.8) is 0 Å². The van der Waals surface area contributed by atoms with Gasteiger partial charge in [0.2, 0.25) is 0 Å². The fourth-order valence-electron chi connectivity index (χ4n) is 2.97. The number of nitrogens with zero attached hydrogens (tertiary/aromatic N) is 3. The van der Waals surface area contributed by atoms with Gasteiger partial charge in [0.1, 0.15) is 0 Å². The Balaban J connectivity index is 1.65. The van der Waals surface area contributed by atoms with Crippen molar-refractivity contribution in [2.45, 2.75) is 32.0 Å². The van der Waals surface area contributed by atoms with E-state index in [4.69, 9.17) is 0 Å². The van der Waals surface area contributed by atoms with Crippen LogP contribution in [-0.2, 0) is 6.54 Å². The fourth-order valence-corrected chi connectivity index (χ4v) is 3.61. The lowest BCUT2D eigenvalue weighted by atomic mass is 9.88. The van der Waals surface area contributed by atoms with Crippen molar-refractivity contribution in [1.82, 2.24) is 14.2 Å². The van der Waals surface area contributed by atoms with E-state index in [1.54, 1.807) is 0 Å². The van der Waals surface area contributed by atoms with E-state index in [2.05, 4.69) is 33.4 Å². The smallest absolute Gasteiger partial charge is 0.0313 e. The number of hydrogen-bond donors (Lipinski definition) is 0. The molecule has 0 spiro atoms. The lowest BCUT2D eigenvalue weighted by molar-refractivity contribution is -0.0469. The highest BCUT2D eigenvalue weighted by atomic mass is 32.2. The van der Waals surface area contributed by atoms with E-state index in [1.807, 2.05) is 24.3 Å². The van der Waals surface area contributed by atoms with Gasteiger partial charge in [-0.25, -0.2) is 4.31 Å². The SMILES string of the molecule is CSN1CC2CC(C1)N2Cc1cncc(C)c1. The summed E-state index contributed by atoms with van der Waals surface area (Å²) in [5, 5.41) is 0. The van der Waals surface area contributed by atoms with Crippen LogP contribution < -0.4 is 0 Å². The summed E-state index contributed by atoms with van der Waals surface area (Å²) >= 11 is 1.89. The standard InChI is InChI=1S/C13H19N3S/c1-10-3-11(6-14-5-10)7-16-12-4-13(16)9-15(8-12)17-2/h3,5-6,12-13H,4,7-9H2,1-2H3. The zero-order valence-corrected chi connectivity index (χ0v) is 11.3. The van der Waals surface area contributed by atoms with Gasteiger partial charge < -0.3 is 0 Å². The molecule has 3 nitrogen and oxygen atoms in total. The van der Waals surface area contributed by atoms with Gasteiger partial charge in [0.15, 0.2) is 0 Å². The highest BCUT2D eigenvalue weighted by Crippen LogP contribution is 2.35. The molecule has 4 rings (SSSR count). The molecule has 3 saturated heterocycles.